The third-order valence-corrected chi connectivity index (χ3v) is 5.87. The second-order valence-electron chi connectivity index (χ2n) is 6.09. The van der Waals surface area contributed by atoms with E-state index in [1.807, 2.05) is 0 Å². The van der Waals surface area contributed by atoms with E-state index in [1.165, 1.54) is 16.9 Å². The minimum Gasteiger partial charge on any atom is -0.379 e. The number of rotatable bonds is 4. The lowest BCUT2D eigenvalue weighted by atomic mass is 10.2. The Hall–Kier alpha value is -1.24. The third kappa shape index (κ3) is 2.59. The molecule has 0 saturated carbocycles. The Bertz CT molecular complexity index is 731. The number of hydrogen-bond acceptors (Lipinski definition) is 5. The quantitative estimate of drug-likeness (QED) is 0.860. The molecule has 4 rings (SSSR count). The SMILES string of the molecule is O=c1c2c3c(sc2ncn1CCCN1CCOCC1)CCC3. The summed E-state index contributed by atoms with van der Waals surface area (Å²) in [5, 5.41) is 0.895. The lowest BCUT2D eigenvalue weighted by Gasteiger charge is -2.26. The van der Waals surface area contributed by atoms with Gasteiger partial charge in [0.25, 0.3) is 5.56 Å². The molecule has 0 amide bonds. The van der Waals surface area contributed by atoms with Crippen LogP contribution in [0, 0.1) is 0 Å². The molecule has 2 aromatic rings. The first kappa shape index (κ1) is 14.4. The summed E-state index contributed by atoms with van der Waals surface area (Å²) < 4.78 is 7.16. The Morgan fingerprint density at radius 1 is 1.23 bits per heavy atom. The molecule has 118 valence electrons. The van der Waals surface area contributed by atoms with Gasteiger partial charge >= 0.3 is 0 Å². The number of hydrogen-bond donors (Lipinski definition) is 0. The molecule has 2 aliphatic rings. The maximum Gasteiger partial charge on any atom is 0.262 e. The molecule has 0 N–H and O–H groups in total. The van der Waals surface area contributed by atoms with E-state index in [-0.39, 0.29) is 5.56 Å². The summed E-state index contributed by atoms with van der Waals surface area (Å²) in [6, 6.07) is 0. The zero-order valence-corrected chi connectivity index (χ0v) is 13.5. The van der Waals surface area contributed by atoms with E-state index in [9.17, 15) is 4.79 Å². The average molecular weight is 319 g/mol. The molecular weight excluding hydrogens is 298 g/mol. The van der Waals surface area contributed by atoms with Crippen molar-refractivity contribution in [3.05, 3.63) is 27.1 Å². The van der Waals surface area contributed by atoms with Gasteiger partial charge in [-0.05, 0) is 31.2 Å². The summed E-state index contributed by atoms with van der Waals surface area (Å²) in [7, 11) is 0. The Kier molecular flexibility index (Phi) is 3.98. The summed E-state index contributed by atoms with van der Waals surface area (Å²) in [5.41, 5.74) is 1.44. The molecule has 22 heavy (non-hydrogen) atoms. The minimum absolute atomic E-state index is 0.159. The van der Waals surface area contributed by atoms with Crippen LogP contribution in [0.1, 0.15) is 23.3 Å². The number of fused-ring (bicyclic) bond motifs is 3. The zero-order valence-electron chi connectivity index (χ0n) is 12.7. The van der Waals surface area contributed by atoms with Crippen LogP contribution in [0.2, 0.25) is 0 Å². The molecule has 1 saturated heterocycles. The van der Waals surface area contributed by atoms with Gasteiger partial charge in [-0.1, -0.05) is 0 Å². The lowest BCUT2D eigenvalue weighted by molar-refractivity contribution is 0.0369. The smallest absolute Gasteiger partial charge is 0.262 e. The van der Waals surface area contributed by atoms with Crippen LogP contribution in [0.4, 0.5) is 0 Å². The van der Waals surface area contributed by atoms with Crippen molar-refractivity contribution >= 4 is 21.6 Å². The predicted octanol–water partition coefficient (Wildman–Crippen LogP) is 1.67. The molecule has 0 spiro atoms. The van der Waals surface area contributed by atoms with Crippen LogP contribution in [0.25, 0.3) is 10.2 Å². The summed E-state index contributed by atoms with van der Waals surface area (Å²) in [5.74, 6) is 0. The molecule has 6 heteroatoms. The Balaban J connectivity index is 1.50. The molecular formula is C16H21N3O2S. The normalized spacial score (nSPS) is 18.9. The van der Waals surface area contributed by atoms with Crippen LogP contribution in [0.3, 0.4) is 0 Å². The fourth-order valence-electron chi connectivity index (χ4n) is 3.47. The molecule has 0 aromatic carbocycles. The van der Waals surface area contributed by atoms with Crippen molar-refractivity contribution in [1.82, 2.24) is 14.5 Å². The van der Waals surface area contributed by atoms with Crippen LogP contribution >= 0.6 is 11.3 Å². The van der Waals surface area contributed by atoms with E-state index >= 15 is 0 Å². The van der Waals surface area contributed by atoms with Gasteiger partial charge < -0.3 is 4.74 Å². The summed E-state index contributed by atoms with van der Waals surface area (Å²) in [6.07, 6.45) is 6.06. The van der Waals surface area contributed by atoms with Gasteiger partial charge in [-0.25, -0.2) is 4.98 Å². The summed E-state index contributed by atoms with van der Waals surface area (Å²) >= 11 is 1.71. The fraction of sp³-hybridized carbons (Fsp3) is 0.625. The van der Waals surface area contributed by atoms with Crippen molar-refractivity contribution in [2.75, 3.05) is 32.8 Å². The molecule has 0 radical (unpaired) electrons. The number of morpholine rings is 1. The monoisotopic (exact) mass is 319 g/mol. The highest BCUT2D eigenvalue weighted by Crippen LogP contribution is 2.34. The number of ether oxygens (including phenoxy) is 1. The van der Waals surface area contributed by atoms with Gasteiger partial charge in [0.15, 0.2) is 0 Å². The lowest BCUT2D eigenvalue weighted by Crippen LogP contribution is -2.37. The van der Waals surface area contributed by atoms with Crippen LogP contribution in [0.5, 0.6) is 0 Å². The minimum atomic E-state index is 0.159. The Morgan fingerprint density at radius 3 is 2.95 bits per heavy atom. The molecule has 2 aromatic heterocycles. The molecule has 0 atom stereocenters. The van der Waals surface area contributed by atoms with Crippen molar-refractivity contribution < 1.29 is 4.74 Å². The zero-order chi connectivity index (χ0) is 14.9. The topological polar surface area (TPSA) is 47.4 Å². The van der Waals surface area contributed by atoms with E-state index < -0.39 is 0 Å². The largest absolute Gasteiger partial charge is 0.379 e. The Labute approximate surface area is 133 Å². The fourth-order valence-corrected chi connectivity index (χ4v) is 4.69. The molecule has 1 fully saturated rings. The van der Waals surface area contributed by atoms with E-state index in [2.05, 4.69) is 9.88 Å². The van der Waals surface area contributed by atoms with Crippen molar-refractivity contribution in [3.8, 4) is 0 Å². The van der Waals surface area contributed by atoms with E-state index in [1.54, 1.807) is 22.2 Å². The van der Waals surface area contributed by atoms with Crippen molar-refractivity contribution in [2.45, 2.75) is 32.2 Å². The van der Waals surface area contributed by atoms with Gasteiger partial charge in [-0.2, -0.15) is 0 Å². The maximum atomic E-state index is 12.7. The van der Waals surface area contributed by atoms with Gasteiger partial charge in [0.1, 0.15) is 4.83 Å². The average Bonchev–Trinajstić information content (AvgIpc) is 3.11. The highest BCUT2D eigenvalue weighted by molar-refractivity contribution is 7.18. The van der Waals surface area contributed by atoms with E-state index in [4.69, 9.17) is 4.74 Å². The van der Waals surface area contributed by atoms with Crippen LogP contribution in [0.15, 0.2) is 11.1 Å². The van der Waals surface area contributed by atoms with E-state index in [0.29, 0.717) is 0 Å². The number of nitrogens with zero attached hydrogens (tertiary/aromatic N) is 3. The molecule has 0 unspecified atom stereocenters. The molecule has 3 heterocycles. The standard InChI is InChI=1S/C16H21N3O2S/c20-16-14-12-3-1-4-13(12)22-15(14)17-11-19(16)6-2-5-18-7-9-21-10-8-18/h11H,1-10H2. The second-order valence-corrected chi connectivity index (χ2v) is 7.17. The van der Waals surface area contributed by atoms with Crippen LogP contribution < -0.4 is 5.56 Å². The van der Waals surface area contributed by atoms with Gasteiger partial charge in [-0.3, -0.25) is 14.3 Å². The predicted molar refractivity (Wildman–Crippen MR) is 87.8 cm³/mol. The molecule has 1 aliphatic carbocycles. The number of aryl methyl sites for hydroxylation is 3. The second kappa shape index (κ2) is 6.10. The van der Waals surface area contributed by atoms with Crippen molar-refractivity contribution in [3.63, 3.8) is 0 Å². The molecule has 0 bridgehead atoms. The molecule has 5 nitrogen and oxygen atoms in total. The van der Waals surface area contributed by atoms with Gasteiger partial charge in [-0.15, -0.1) is 11.3 Å². The van der Waals surface area contributed by atoms with Crippen LogP contribution in [-0.2, 0) is 24.1 Å². The van der Waals surface area contributed by atoms with Crippen LogP contribution in [-0.4, -0.2) is 47.3 Å². The van der Waals surface area contributed by atoms with Gasteiger partial charge in [0.2, 0.25) is 0 Å². The van der Waals surface area contributed by atoms with Gasteiger partial charge in [0, 0.05) is 31.1 Å². The third-order valence-electron chi connectivity index (χ3n) is 4.67. The first-order valence-corrected chi connectivity index (χ1v) is 8.94. The highest BCUT2D eigenvalue weighted by atomic mass is 32.1. The highest BCUT2D eigenvalue weighted by Gasteiger charge is 2.21. The van der Waals surface area contributed by atoms with Gasteiger partial charge in [0.05, 0.1) is 24.9 Å². The summed E-state index contributed by atoms with van der Waals surface area (Å²) in [6.45, 7) is 5.44. The van der Waals surface area contributed by atoms with Crippen molar-refractivity contribution in [1.29, 1.82) is 0 Å². The number of aromatic nitrogens is 2. The van der Waals surface area contributed by atoms with E-state index in [0.717, 1.165) is 68.9 Å². The summed E-state index contributed by atoms with van der Waals surface area (Å²) in [4.78, 5) is 22.0. The molecule has 1 aliphatic heterocycles. The maximum absolute atomic E-state index is 12.7. The Morgan fingerprint density at radius 2 is 2.09 bits per heavy atom. The first-order valence-electron chi connectivity index (χ1n) is 8.13. The van der Waals surface area contributed by atoms with Crippen molar-refractivity contribution in [2.24, 2.45) is 0 Å². The number of thiophene rings is 1. The first-order chi connectivity index (χ1) is 10.8.